The highest BCUT2D eigenvalue weighted by molar-refractivity contribution is 7.47. The molecule has 0 radical (unpaired) electrons. The van der Waals surface area contributed by atoms with Crippen LogP contribution in [0.2, 0.25) is 0 Å². The highest BCUT2D eigenvalue weighted by Crippen LogP contribution is 2.45. The summed E-state index contributed by atoms with van der Waals surface area (Å²) >= 11 is 0. The number of allylic oxidation sites excluding steroid dienone is 16. The second-order valence-electron chi connectivity index (χ2n) is 27.0. The van der Waals surface area contributed by atoms with Crippen molar-refractivity contribution in [3.05, 3.63) is 97.2 Å². The van der Waals surface area contributed by atoms with E-state index in [1.54, 1.807) is 0 Å². The first-order valence-corrected chi connectivity index (χ1v) is 43.5. The Morgan fingerprint density at radius 1 is 0.284 bits per heavy atom. The molecule has 5 atom stereocenters. The Hall–Kier alpha value is -4.02. The van der Waals surface area contributed by atoms with Gasteiger partial charge < -0.3 is 33.8 Å². The first-order chi connectivity index (χ1) is 49.7. The minimum atomic E-state index is -4.98. The van der Waals surface area contributed by atoms with Gasteiger partial charge in [-0.1, -0.05) is 298 Å². The van der Waals surface area contributed by atoms with Crippen LogP contribution in [0.15, 0.2) is 97.2 Å². The third-order valence-corrected chi connectivity index (χ3v) is 18.9. The van der Waals surface area contributed by atoms with E-state index in [0.29, 0.717) is 25.7 Å². The Bertz CT molecular complexity index is 2310. The molecule has 0 bridgehead atoms. The Morgan fingerprint density at radius 3 is 0.794 bits per heavy atom. The van der Waals surface area contributed by atoms with Crippen molar-refractivity contribution in [3.63, 3.8) is 0 Å². The summed E-state index contributed by atoms with van der Waals surface area (Å²) in [7, 11) is -9.96. The van der Waals surface area contributed by atoms with Crippen molar-refractivity contribution in [2.24, 2.45) is 0 Å². The first-order valence-electron chi connectivity index (χ1n) is 40.5. The molecule has 0 aromatic heterocycles. The number of hydrogen-bond donors (Lipinski definition) is 3. The Labute approximate surface area is 620 Å². The Balaban J connectivity index is 5.36. The maximum Gasteiger partial charge on any atom is 0.472 e. The lowest BCUT2D eigenvalue weighted by Gasteiger charge is -2.21. The van der Waals surface area contributed by atoms with Crippen molar-refractivity contribution >= 4 is 39.5 Å². The predicted molar refractivity (Wildman–Crippen MR) is 418 cm³/mol. The summed E-state index contributed by atoms with van der Waals surface area (Å²) in [5, 5.41) is 10.6. The van der Waals surface area contributed by atoms with Gasteiger partial charge in [-0.15, -0.1) is 0 Å². The SMILES string of the molecule is CC/C=C\C/C=C\C/C=C\C/C=C\CCCCCCC(=O)OCC(COP(=O)(O)OCC(O)COP(=O)(O)OCC(COC(=O)CCCCCCCCC/C=C\C/C=C\C/C=C\CC)OC(=O)CCCCCCCCCCCCCCC)OC(=O)CCCCCCC/C=C\CCCCCCCC. The van der Waals surface area contributed by atoms with Crippen LogP contribution in [0, 0.1) is 0 Å². The second kappa shape index (κ2) is 75.2. The minimum absolute atomic E-state index is 0.0803. The molecule has 0 saturated heterocycles. The van der Waals surface area contributed by atoms with Crippen molar-refractivity contribution in [1.82, 2.24) is 0 Å². The van der Waals surface area contributed by atoms with Crippen LogP contribution in [0.25, 0.3) is 0 Å². The van der Waals surface area contributed by atoms with Crippen LogP contribution in [0.4, 0.5) is 0 Å². The molecule has 0 aliphatic carbocycles. The lowest BCUT2D eigenvalue weighted by atomic mass is 10.0. The summed E-state index contributed by atoms with van der Waals surface area (Å²) < 4.78 is 68.6. The molecule has 0 saturated carbocycles. The summed E-state index contributed by atoms with van der Waals surface area (Å²) in [5.41, 5.74) is 0. The Kier molecular flexibility index (Phi) is 72.3. The van der Waals surface area contributed by atoms with Gasteiger partial charge in [0.15, 0.2) is 12.2 Å². The van der Waals surface area contributed by atoms with E-state index in [9.17, 15) is 43.2 Å². The molecule has 102 heavy (non-hydrogen) atoms. The van der Waals surface area contributed by atoms with Gasteiger partial charge in [-0.2, -0.15) is 0 Å². The summed E-state index contributed by atoms with van der Waals surface area (Å²) in [6, 6.07) is 0. The third kappa shape index (κ3) is 74.3. The van der Waals surface area contributed by atoms with Crippen LogP contribution in [0.5, 0.6) is 0 Å². The standard InChI is InChI=1S/C83H146O17P2/c1-5-9-13-17-21-25-29-33-36-38-41-44-47-51-55-59-63-67-80(85)93-73-78(99-82(87)69-65-61-57-53-49-43-32-28-24-20-16-12-8-4)75-97-101(89,90)95-71-77(84)72-96-102(91,92)98-76-79(100-83(88)70-66-62-58-54-50-46-40-35-31-27-23-19-15-11-7-3)74-94-81(86)68-64-60-56-52-48-45-42-39-37-34-30-26-22-18-14-10-6-2/h9-10,13-14,21-22,25-26,33-37,40,42,45,77-79,84H,5-8,11-12,15-20,23-24,27-32,38-39,41,43-44,46-76H2,1-4H3,(H,89,90)(H,91,92)/b13-9-,14-10-,25-21-,26-22-,36-33-,37-34-,40-35-,45-42-. The van der Waals surface area contributed by atoms with E-state index in [4.69, 9.17) is 37.0 Å². The zero-order chi connectivity index (χ0) is 74.6. The quantitative estimate of drug-likeness (QED) is 0.0169. The third-order valence-electron chi connectivity index (χ3n) is 17.0. The molecule has 0 amide bonds. The fourth-order valence-corrected chi connectivity index (χ4v) is 12.5. The summed E-state index contributed by atoms with van der Waals surface area (Å²) in [6.45, 7) is 4.65. The number of ether oxygens (including phenoxy) is 4. The maximum absolute atomic E-state index is 13.1. The monoisotopic (exact) mass is 1480 g/mol. The fraction of sp³-hybridized carbons (Fsp3) is 0.759. The van der Waals surface area contributed by atoms with E-state index in [2.05, 4.69) is 125 Å². The van der Waals surface area contributed by atoms with Crippen LogP contribution in [-0.2, 0) is 65.4 Å². The molecule has 3 N–H and O–H groups in total. The van der Waals surface area contributed by atoms with Crippen LogP contribution in [0.3, 0.4) is 0 Å². The molecule has 0 spiro atoms. The van der Waals surface area contributed by atoms with E-state index in [-0.39, 0.29) is 25.7 Å². The van der Waals surface area contributed by atoms with Gasteiger partial charge in [0.25, 0.3) is 0 Å². The number of rotatable bonds is 76. The van der Waals surface area contributed by atoms with E-state index >= 15 is 0 Å². The maximum atomic E-state index is 13.1. The Morgan fingerprint density at radius 2 is 0.510 bits per heavy atom. The van der Waals surface area contributed by atoms with Gasteiger partial charge in [0, 0.05) is 25.7 Å². The molecular formula is C83H146O17P2. The predicted octanol–water partition coefficient (Wildman–Crippen LogP) is 23.6. The topological polar surface area (TPSA) is 237 Å². The van der Waals surface area contributed by atoms with Gasteiger partial charge in [-0.3, -0.25) is 37.3 Å². The normalized spacial score (nSPS) is 14.4. The molecule has 0 heterocycles. The molecule has 5 unspecified atom stereocenters. The molecule has 0 fully saturated rings. The molecule has 17 nitrogen and oxygen atoms in total. The zero-order valence-corrected chi connectivity index (χ0v) is 66.3. The van der Waals surface area contributed by atoms with Crippen LogP contribution in [0.1, 0.15) is 349 Å². The molecule has 0 aromatic carbocycles. The number of phosphoric acid groups is 2. The highest BCUT2D eigenvalue weighted by Gasteiger charge is 2.30. The molecule has 0 aliphatic heterocycles. The van der Waals surface area contributed by atoms with Gasteiger partial charge in [0.2, 0.25) is 0 Å². The van der Waals surface area contributed by atoms with E-state index in [1.165, 1.54) is 89.9 Å². The van der Waals surface area contributed by atoms with Crippen LogP contribution >= 0.6 is 15.6 Å². The number of aliphatic hydroxyl groups excluding tert-OH is 1. The zero-order valence-electron chi connectivity index (χ0n) is 64.5. The average Bonchev–Trinajstić information content (AvgIpc) is 0.939. The number of aliphatic hydroxyl groups is 1. The smallest absolute Gasteiger partial charge is 0.462 e. The van der Waals surface area contributed by atoms with Gasteiger partial charge >= 0.3 is 39.5 Å². The first kappa shape index (κ1) is 98.0. The lowest BCUT2D eigenvalue weighted by Crippen LogP contribution is -2.30. The number of hydrogen-bond acceptors (Lipinski definition) is 15. The van der Waals surface area contributed by atoms with Crippen molar-refractivity contribution in [2.75, 3.05) is 39.6 Å². The summed E-state index contributed by atoms with van der Waals surface area (Å²) in [4.78, 5) is 73.0. The van der Waals surface area contributed by atoms with Crippen molar-refractivity contribution in [1.29, 1.82) is 0 Å². The van der Waals surface area contributed by atoms with Crippen molar-refractivity contribution < 1.29 is 80.2 Å². The van der Waals surface area contributed by atoms with E-state index in [0.717, 1.165) is 180 Å². The highest BCUT2D eigenvalue weighted by atomic mass is 31.2. The number of unbranched alkanes of at least 4 members (excludes halogenated alkanes) is 34. The minimum Gasteiger partial charge on any atom is -0.462 e. The van der Waals surface area contributed by atoms with Crippen LogP contribution in [-0.4, -0.2) is 96.7 Å². The molecule has 0 aromatic rings. The van der Waals surface area contributed by atoms with Crippen molar-refractivity contribution in [2.45, 2.75) is 367 Å². The van der Waals surface area contributed by atoms with Crippen LogP contribution < -0.4 is 0 Å². The molecule has 590 valence electrons. The van der Waals surface area contributed by atoms with Gasteiger partial charge in [-0.05, 0) is 122 Å². The van der Waals surface area contributed by atoms with E-state index < -0.39 is 97.5 Å². The summed E-state index contributed by atoms with van der Waals surface area (Å²) in [5.74, 6) is -2.20. The fourth-order valence-electron chi connectivity index (χ4n) is 10.9. The molecular weight excluding hydrogens is 1330 g/mol. The number of esters is 4. The molecule has 0 aliphatic rings. The number of phosphoric ester groups is 2. The lowest BCUT2D eigenvalue weighted by molar-refractivity contribution is -0.161. The van der Waals surface area contributed by atoms with Gasteiger partial charge in [0.05, 0.1) is 26.4 Å². The average molecular weight is 1480 g/mol. The number of carbonyl (C=O) groups excluding carboxylic acids is 4. The largest absolute Gasteiger partial charge is 0.472 e. The van der Waals surface area contributed by atoms with Gasteiger partial charge in [-0.25, -0.2) is 9.13 Å². The van der Waals surface area contributed by atoms with Gasteiger partial charge in [0.1, 0.15) is 19.3 Å². The number of carbonyl (C=O) groups is 4. The van der Waals surface area contributed by atoms with Crippen molar-refractivity contribution in [3.8, 4) is 0 Å². The molecule has 19 heteroatoms. The second-order valence-corrected chi connectivity index (χ2v) is 29.9. The van der Waals surface area contributed by atoms with E-state index in [1.807, 2.05) is 0 Å². The summed E-state index contributed by atoms with van der Waals surface area (Å²) in [6.07, 6.45) is 79.5. The molecule has 0 rings (SSSR count).